The van der Waals surface area contributed by atoms with Crippen molar-refractivity contribution < 1.29 is 27.8 Å². The predicted molar refractivity (Wildman–Crippen MR) is 123 cm³/mol. The number of aliphatic imine (C=N–C) groups is 1. The van der Waals surface area contributed by atoms with Gasteiger partial charge in [-0.2, -0.15) is 13.2 Å². The standard InChI is InChI=1S/C20H29F3N4O3.HI/c1-3-18(29)27-10-9-15(12-27)26-19(24-4-2)25-11-16(28)13-30-17-7-5-14(6-8-17)20(21,22)23;/h5-8,15-16,28H,3-4,9-13H2,1-2H3,(H2,24,25,26);1H. The Labute approximate surface area is 197 Å². The highest BCUT2D eigenvalue weighted by molar-refractivity contribution is 14.0. The molecule has 31 heavy (non-hydrogen) atoms. The first-order valence-electron chi connectivity index (χ1n) is 10.0. The molecule has 1 aromatic rings. The Kier molecular flexibility index (Phi) is 11.4. The predicted octanol–water partition coefficient (Wildman–Crippen LogP) is 2.63. The fourth-order valence-corrected chi connectivity index (χ4v) is 3.02. The van der Waals surface area contributed by atoms with E-state index in [0.717, 1.165) is 18.6 Å². The second kappa shape index (κ2) is 12.9. The van der Waals surface area contributed by atoms with Gasteiger partial charge in [-0.15, -0.1) is 24.0 Å². The van der Waals surface area contributed by atoms with E-state index >= 15 is 0 Å². The Morgan fingerprint density at radius 2 is 2.00 bits per heavy atom. The van der Waals surface area contributed by atoms with E-state index in [-0.39, 0.29) is 54.8 Å². The van der Waals surface area contributed by atoms with E-state index in [9.17, 15) is 23.1 Å². The number of guanidine groups is 1. The smallest absolute Gasteiger partial charge is 0.416 e. The Bertz CT molecular complexity index is 717. The average Bonchev–Trinajstić information content (AvgIpc) is 3.18. The van der Waals surface area contributed by atoms with Crippen LogP contribution in [0.4, 0.5) is 13.2 Å². The molecule has 0 spiro atoms. The first-order chi connectivity index (χ1) is 14.2. The summed E-state index contributed by atoms with van der Waals surface area (Å²) in [6.45, 7) is 5.65. The van der Waals surface area contributed by atoms with Gasteiger partial charge < -0.3 is 25.4 Å². The number of hydrogen-bond acceptors (Lipinski definition) is 4. The normalized spacial score (nSPS) is 17.7. The van der Waals surface area contributed by atoms with Crippen molar-refractivity contribution in [1.82, 2.24) is 15.5 Å². The van der Waals surface area contributed by atoms with Crippen LogP contribution in [-0.2, 0) is 11.0 Å². The molecule has 0 bridgehead atoms. The number of amides is 1. The molecular weight excluding hydrogens is 528 g/mol. The molecule has 1 aliphatic rings. The zero-order chi connectivity index (χ0) is 22.1. The molecule has 176 valence electrons. The van der Waals surface area contributed by atoms with Crippen LogP contribution in [0.1, 0.15) is 32.3 Å². The van der Waals surface area contributed by atoms with Crippen molar-refractivity contribution in [2.45, 2.75) is 45.0 Å². The quantitative estimate of drug-likeness (QED) is 0.260. The zero-order valence-electron chi connectivity index (χ0n) is 17.6. The van der Waals surface area contributed by atoms with Gasteiger partial charge in [0.1, 0.15) is 18.5 Å². The highest BCUT2D eigenvalue weighted by Gasteiger charge is 2.30. The van der Waals surface area contributed by atoms with Crippen LogP contribution >= 0.6 is 24.0 Å². The van der Waals surface area contributed by atoms with Crippen LogP contribution in [0.25, 0.3) is 0 Å². The van der Waals surface area contributed by atoms with Gasteiger partial charge in [-0.1, -0.05) is 6.92 Å². The number of carbonyl (C=O) groups excluding carboxylic acids is 1. The lowest BCUT2D eigenvalue weighted by Gasteiger charge is -2.19. The Morgan fingerprint density at radius 1 is 1.32 bits per heavy atom. The number of halogens is 4. The molecule has 0 aromatic heterocycles. The molecule has 1 aromatic carbocycles. The SMILES string of the molecule is CCNC(=NCC(O)COc1ccc(C(F)(F)F)cc1)NC1CCN(C(=O)CC)C1.I. The van der Waals surface area contributed by atoms with Gasteiger partial charge >= 0.3 is 6.18 Å². The summed E-state index contributed by atoms with van der Waals surface area (Å²) >= 11 is 0. The van der Waals surface area contributed by atoms with Gasteiger partial charge in [-0.25, -0.2) is 0 Å². The van der Waals surface area contributed by atoms with Crippen LogP contribution < -0.4 is 15.4 Å². The van der Waals surface area contributed by atoms with Gasteiger partial charge in [0.25, 0.3) is 0 Å². The molecule has 2 atom stereocenters. The maximum atomic E-state index is 12.6. The van der Waals surface area contributed by atoms with Crippen molar-refractivity contribution >= 4 is 35.8 Å². The molecule has 0 radical (unpaired) electrons. The van der Waals surface area contributed by atoms with E-state index in [1.54, 1.807) is 0 Å². The van der Waals surface area contributed by atoms with E-state index in [1.807, 2.05) is 18.7 Å². The number of alkyl halides is 3. The van der Waals surface area contributed by atoms with Gasteiger partial charge in [0, 0.05) is 32.1 Å². The summed E-state index contributed by atoms with van der Waals surface area (Å²) in [6, 6.07) is 4.38. The van der Waals surface area contributed by atoms with E-state index in [4.69, 9.17) is 4.74 Å². The summed E-state index contributed by atoms with van der Waals surface area (Å²) in [5, 5.41) is 16.5. The monoisotopic (exact) mass is 558 g/mol. The Balaban J connectivity index is 0.00000480. The fourth-order valence-electron chi connectivity index (χ4n) is 3.02. The third kappa shape index (κ3) is 9.09. The first-order valence-corrected chi connectivity index (χ1v) is 10.0. The molecule has 3 N–H and O–H groups in total. The van der Waals surface area contributed by atoms with Crippen molar-refractivity contribution in [3.05, 3.63) is 29.8 Å². The molecule has 1 saturated heterocycles. The van der Waals surface area contributed by atoms with Gasteiger partial charge in [0.15, 0.2) is 5.96 Å². The molecule has 11 heteroatoms. The van der Waals surface area contributed by atoms with Crippen molar-refractivity contribution in [2.75, 3.05) is 32.8 Å². The van der Waals surface area contributed by atoms with Gasteiger partial charge in [-0.3, -0.25) is 9.79 Å². The largest absolute Gasteiger partial charge is 0.491 e. The number of rotatable bonds is 8. The molecule has 2 rings (SSSR count). The fraction of sp³-hybridized carbons (Fsp3) is 0.600. The van der Waals surface area contributed by atoms with Crippen molar-refractivity contribution in [3.63, 3.8) is 0 Å². The van der Waals surface area contributed by atoms with Gasteiger partial charge in [0.05, 0.1) is 12.1 Å². The summed E-state index contributed by atoms with van der Waals surface area (Å²) in [7, 11) is 0. The molecule has 1 fully saturated rings. The van der Waals surface area contributed by atoms with Crippen molar-refractivity contribution in [3.8, 4) is 5.75 Å². The number of hydrogen-bond donors (Lipinski definition) is 3. The summed E-state index contributed by atoms with van der Waals surface area (Å²) in [6.07, 6.45) is -4.03. The van der Waals surface area contributed by atoms with Gasteiger partial charge in [-0.05, 0) is 37.6 Å². The summed E-state index contributed by atoms with van der Waals surface area (Å²) in [5.41, 5.74) is -0.757. The van der Waals surface area contributed by atoms with Crippen LogP contribution in [0, 0.1) is 0 Å². The number of likely N-dealkylation sites (tertiary alicyclic amines) is 1. The first kappa shape index (κ1) is 27.3. The third-order valence-electron chi connectivity index (χ3n) is 4.61. The molecule has 0 saturated carbocycles. The molecule has 2 unspecified atom stereocenters. The molecule has 1 aliphatic heterocycles. The van der Waals surface area contributed by atoms with E-state index < -0.39 is 17.8 Å². The number of aliphatic hydroxyl groups is 1. The number of benzene rings is 1. The summed E-state index contributed by atoms with van der Waals surface area (Å²) in [5.74, 6) is 0.890. The molecular formula is C20H30F3IN4O3. The number of nitrogens with one attached hydrogen (secondary N) is 2. The maximum Gasteiger partial charge on any atom is 0.416 e. The molecule has 1 heterocycles. The Hall–Kier alpha value is -1.76. The van der Waals surface area contributed by atoms with Crippen molar-refractivity contribution in [1.29, 1.82) is 0 Å². The van der Waals surface area contributed by atoms with Gasteiger partial charge in [0.2, 0.25) is 5.91 Å². The Morgan fingerprint density at radius 3 is 2.58 bits per heavy atom. The maximum absolute atomic E-state index is 12.6. The topological polar surface area (TPSA) is 86.2 Å². The third-order valence-corrected chi connectivity index (χ3v) is 4.61. The highest BCUT2D eigenvalue weighted by atomic mass is 127. The summed E-state index contributed by atoms with van der Waals surface area (Å²) < 4.78 is 43.1. The lowest BCUT2D eigenvalue weighted by Crippen LogP contribution is -2.45. The molecule has 0 aliphatic carbocycles. The van der Waals surface area contributed by atoms with Crippen LogP contribution in [0.2, 0.25) is 0 Å². The van der Waals surface area contributed by atoms with Crippen LogP contribution in [0.15, 0.2) is 29.3 Å². The minimum Gasteiger partial charge on any atom is -0.491 e. The number of ether oxygens (including phenoxy) is 1. The lowest BCUT2D eigenvalue weighted by atomic mass is 10.2. The summed E-state index contributed by atoms with van der Waals surface area (Å²) in [4.78, 5) is 17.9. The average molecular weight is 558 g/mol. The lowest BCUT2D eigenvalue weighted by molar-refractivity contribution is -0.137. The van der Waals surface area contributed by atoms with Crippen LogP contribution in [0.3, 0.4) is 0 Å². The van der Waals surface area contributed by atoms with E-state index in [1.165, 1.54) is 12.1 Å². The van der Waals surface area contributed by atoms with Crippen molar-refractivity contribution in [2.24, 2.45) is 4.99 Å². The van der Waals surface area contributed by atoms with E-state index in [0.29, 0.717) is 32.0 Å². The number of nitrogens with zero attached hydrogens (tertiary/aromatic N) is 2. The number of carbonyl (C=O) groups is 1. The zero-order valence-corrected chi connectivity index (χ0v) is 19.9. The highest BCUT2D eigenvalue weighted by Crippen LogP contribution is 2.30. The second-order valence-electron chi connectivity index (χ2n) is 7.03. The van der Waals surface area contributed by atoms with E-state index in [2.05, 4.69) is 15.6 Å². The number of aliphatic hydroxyl groups excluding tert-OH is 1. The second-order valence-corrected chi connectivity index (χ2v) is 7.03. The molecule has 7 nitrogen and oxygen atoms in total. The molecule has 1 amide bonds. The minimum absolute atomic E-state index is 0. The minimum atomic E-state index is -4.40. The van der Waals surface area contributed by atoms with Crippen LogP contribution in [0.5, 0.6) is 5.75 Å². The van der Waals surface area contributed by atoms with Crippen LogP contribution in [-0.4, -0.2) is 66.8 Å².